The smallest absolute Gasteiger partial charge is 0.236 e. The standard InChI is InChI=1S/C23H32N6O/c1-17-8-6-12-21(25-17)27-22-15-24-14-19(26-22)20-11-7-13-29(20)16-23(30)28(2)18-9-4-3-5-10-18/h6,8,12,14-15,18,20H,3-5,7,9-11,13,16H2,1-2H3,(H,25,26,27)/t20-/m1/s1. The number of rotatable bonds is 6. The zero-order valence-corrected chi connectivity index (χ0v) is 18.0. The van der Waals surface area contributed by atoms with E-state index in [1.54, 1.807) is 6.20 Å². The van der Waals surface area contributed by atoms with Crippen molar-refractivity contribution in [2.45, 2.75) is 64.0 Å². The fraction of sp³-hybridized carbons (Fsp3) is 0.565. The number of carbonyl (C=O) groups is 1. The van der Waals surface area contributed by atoms with Crippen LogP contribution in [0, 0.1) is 6.92 Å². The van der Waals surface area contributed by atoms with Gasteiger partial charge in [-0.15, -0.1) is 0 Å². The second-order valence-electron chi connectivity index (χ2n) is 8.54. The van der Waals surface area contributed by atoms with Crippen LogP contribution in [0.1, 0.15) is 62.4 Å². The van der Waals surface area contributed by atoms with Gasteiger partial charge in [0.05, 0.1) is 30.7 Å². The molecule has 1 aliphatic heterocycles. The summed E-state index contributed by atoms with van der Waals surface area (Å²) in [6.07, 6.45) is 11.7. The van der Waals surface area contributed by atoms with E-state index in [0.29, 0.717) is 18.4 Å². The van der Waals surface area contributed by atoms with Gasteiger partial charge in [-0.25, -0.2) is 9.97 Å². The lowest BCUT2D eigenvalue weighted by molar-refractivity contribution is -0.134. The molecule has 2 fully saturated rings. The van der Waals surface area contributed by atoms with E-state index in [-0.39, 0.29) is 11.9 Å². The second-order valence-corrected chi connectivity index (χ2v) is 8.54. The summed E-state index contributed by atoms with van der Waals surface area (Å²) in [5.74, 6) is 1.66. The fourth-order valence-electron chi connectivity index (χ4n) is 4.65. The van der Waals surface area contributed by atoms with Gasteiger partial charge < -0.3 is 10.2 Å². The zero-order valence-electron chi connectivity index (χ0n) is 18.0. The number of anilines is 2. The van der Waals surface area contributed by atoms with Gasteiger partial charge in [-0.05, 0) is 51.3 Å². The van der Waals surface area contributed by atoms with Crippen LogP contribution in [-0.4, -0.2) is 56.8 Å². The number of nitrogens with one attached hydrogen (secondary N) is 1. The first-order valence-electron chi connectivity index (χ1n) is 11.1. The SMILES string of the molecule is Cc1cccc(Nc2cncc([C@H]3CCCN3CC(=O)N(C)C3CCCCC3)n2)n1. The third kappa shape index (κ3) is 4.95. The molecule has 2 aromatic rings. The molecule has 0 bridgehead atoms. The Morgan fingerprint density at radius 1 is 1.10 bits per heavy atom. The maximum Gasteiger partial charge on any atom is 0.236 e. The van der Waals surface area contributed by atoms with Crippen LogP contribution >= 0.6 is 0 Å². The van der Waals surface area contributed by atoms with Crippen LogP contribution in [0.5, 0.6) is 0 Å². The van der Waals surface area contributed by atoms with Crippen molar-refractivity contribution in [2.75, 3.05) is 25.5 Å². The lowest BCUT2D eigenvalue weighted by Crippen LogP contribution is -2.44. The number of hydrogen-bond acceptors (Lipinski definition) is 6. The Labute approximate surface area is 178 Å². The third-order valence-electron chi connectivity index (χ3n) is 6.36. The Bertz CT molecular complexity index is 866. The maximum atomic E-state index is 12.9. The molecule has 160 valence electrons. The van der Waals surface area contributed by atoms with E-state index < -0.39 is 0 Å². The average molecular weight is 409 g/mol. The first-order valence-corrected chi connectivity index (χ1v) is 11.1. The Kier molecular flexibility index (Phi) is 6.57. The lowest BCUT2D eigenvalue weighted by Gasteiger charge is -2.33. The molecule has 1 saturated carbocycles. The molecule has 2 aromatic heterocycles. The highest BCUT2D eigenvalue weighted by Crippen LogP contribution is 2.31. The molecule has 2 aliphatic rings. The van der Waals surface area contributed by atoms with E-state index in [4.69, 9.17) is 4.98 Å². The fourth-order valence-corrected chi connectivity index (χ4v) is 4.65. The summed E-state index contributed by atoms with van der Waals surface area (Å²) in [7, 11) is 1.97. The highest BCUT2D eigenvalue weighted by Gasteiger charge is 2.31. The van der Waals surface area contributed by atoms with Gasteiger partial charge in [0.2, 0.25) is 5.91 Å². The van der Waals surface area contributed by atoms with Crippen LogP contribution < -0.4 is 5.32 Å². The van der Waals surface area contributed by atoms with Gasteiger partial charge in [0, 0.05) is 18.8 Å². The van der Waals surface area contributed by atoms with Gasteiger partial charge in [-0.3, -0.25) is 14.7 Å². The van der Waals surface area contributed by atoms with Crippen molar-refractivity contribution in [1.82, 2.24) is 24.8 Å². The molecule has 1 aliphatic carbocycles. The highest BCUT2D eigenvalue weighted by atomic mass is 16.2. The van der Waals surface area contributed by atoms with Gasteiger partial charge in [-0.1, -0.05) is 25.3 Å². The van der Waals surface area contributed by atoms with E-state index in [1.165, 1.54) is 19.3 Å². The molecule has 30 heavy (non-hydrogen) atoms. The predicted octanol–water partition coefficient (Wildman–Crippen LogP) is 3.85. The average Bonchev–Trinajstić information content (AvgIpc) is 3.22. The number of amides is 1. The van der Waals surface area contributed by atoms with E-state index >= 15 is 0 Å². The summed E-state index contributed by atoms with van der Waals surface area (Å²) in [6, 6.07) is 6.39. The van der Waals surface area contributed by atoms with Gasteiger partial charge >= 0.3 is 0 Å². The summed E-state index contributed by atoms with van der Waals surface area (Å²) >= 11 is 0. The van der Waals surface area contributed by atoms with Crippen LogP contribution in [0.25, 0.3) is 0 Å². The number of hydrogen-bond donors (Lipinski definition) is 1. The Morgan fingerprint density at radius 2 is 1.93 bits per heavy atom. The number of nitrogens with zero attached hydrogens (tertiary/aromatic N) is 5. The number of likely N-dealkylation sites (N-methyl/N-ethyl adjacent to an activating group) is 1. The minimum absolute atomic E-state index is 0.133. The first kappa shape index (κ1) is 20.7. The van der Waals surface area contributed by atoms with Crippen molar-refractivity contribution >= 4 is 17.5 Å². The van der Waals surface area contributed by atoms with Crippen molar-refractivity contribution in [2.24, 2.45) is 0 Å². The van der Waals surface area contributed by atoms with Gasteiger partial charge in [-0.2, -0.15) is 0 Å². The van der Waals surface area contributed by atoms with Gasteiger partial charge in [0.15, 0.2) is 0 Å². The van der Waals surface area contributed by atoms with Crippen molar-refractivity contribution in [3.63, 3.8) is 0 Å². The molecular formula is C23H32N6O. The molecule has 7 nitrogen and oxygen atoms in total. The van der Waals surface area contributed by atoms with E-state index in [9.17, 15) is 4.79 Å². The van der Waals surface area contributed by atoms with Crippen molar-refractivity contribution in [3.05, 3.63) is 42.0 Å². The Balaban J connectivity index is 1.42. The Morgan fingerprint density at radius 3 is 2.73 bits per heavy atom. The molecule has 4 rings (SSSR count). The summed E-state index contributed by atoms with van der Waals surface area (Å²) < 4.78 is 0. The molecule has 1 amide bonds. The van der Waals surface area contributed by atoms with Crippen LogP contribution in [0.4, 0.5) is 11.6 Å². The van der Waals surface area contributed by atoms with Crippen molar-refractivity contribution in [1.29, 1.82) is 0 Å². The minimum atomic E-state index is 0.133. The second kappa shape index (κ2) is 9.51. The topological polar surface area (TPSA) is 74.2 Å². The molecule has 1 saturated heterocycles. The molecule has 1 atom stereocenters. The number of likely N-dealkylation sites (tertiary alicyclic amines) is 1. The van der Waals surface area contributed by atoms with E-state index in [0.717, 1.165) is 49.4 Å². The predicted molar refractivity (Wildman–Crippen MR) is 117 cm³/mol. The van der Waals surface area contributed by atoms with Crippen LogP contribution in [-0.2, 0) is 4.79 Å². The molecule has 1 N–H and O–H groups in total. The van der Waals surface area contributed by atoms with E-state index in [1.807, 2.05) is 43.3 Å². The monoisotopic (exact) mass is 408 g/mol. The lowest BCUT2D eigenvalue weighted by atomic mass is 9.94. The zero-order chi connectivity index (χ0) is 20.9. The quantitative estimate of drug-likeness (QED) is 0.783. The molecule has 0 aromatic carbocycles. The van der Waals surface area contributed by atoms with Crippen LogP contribution in [0.3, 0.4) is 0 Å². The molecule has 7 heteroatoms. The van der Waals surface area contributed by atoms with Crippen molar-refractivity contribution < 1.29 is 4.79 Å². The summed E-state index contributed by atoms with van der Waals surface area (Å²) in [6.45, 7) is 3.34. The van der Waals surface area contributed by atoms with Gasteiger partial charge in [0.25, 0.3) is 0 Å². The summed E-state index contributed by atoms with van der Waals surface area (Å²) in [5.41, 5.74) is 1.87. The number of aromatic nitrogens is 3. The normalized spacial score (nSPS) is 20.3. The van der Waals surface area contributed by atoms with Crippen LogP contribution in [0.15, 0.2) is 30.6 Å². The van der Waals surface area contributed by atoms with Crippen LogP contribution in [0.2, 0.25) is 0 Å². The molecule has 3 heterocycles. The molecular weight excluding hydrogens is 376 g/mol. The first-order chi connectivity index (χ1) is 14.6. The minimum Gasteiger partial charge on any atom is -0.342 e. The Hall–Kier alpha value is -2.54. The number of aryl methyl sites for hydroxylation is 1. The van der Waals surface area contributed by atoms with Gasteiger partial charge in [0.1, 0.15) is 11.6 Å². The van der Waals surface area contributed by atoms with E-state index in [2.05, 4.69) is 20.2 Å². The summed E-state index contributed by atoms with van der Waals surface area (Å²) in [4.78, 5) is 30.9. The largest absolute Gasteiger partial charge is 0.342 e. The maximum absolute atomic E-state index is 12.9. The number of pyridine rings is 1. The molecule has 0 unspecified atom stereocenters. The van der Waals surface area contributed by atoms with Crippen molar-refractivity contribution in [3.8, 4) is 0 Å². The molecule has 0 radical (unpaired) electrons. The highest BCUT2D eigenvalue weighted by molar-refractivity contribution is 5.78. The number of carbonyl (C=O) groups excluding carboxylic acids is 1. The third-order valence-corrected chi connectivity index (χ3v) is 6.36. The summed E-state index contributed by atoms with van der Waals surface area (Å²) in [5, 5.41) is 3.25. The molecule has 0 spiro atoms.